The summed E-state index contributed by atoms with van der Waals surface area (Å²) < 4.78 is 32.4. The summed E-state index contributed by atoms with van der Waals surface area (Å²) in [6.45, 7) is 0.421. The summed E-state index contributed by atoms with van der Waals surface area (Å²) in [5.74, 6) is 0.0113. The molecule has 150 valence electrons. The molecule has 0 aliphatic carbocycles. The smallest absolute Gasteiger partial charge is 0.244 e. The molecule has 1 aliphatic heterocycles. The summed E-state index contributed by atoms with van der Waals surface area (Å²) in [6.07, 6.45) is 1.19. The van der Waals surface area contributed by atoms with Crippen molar-refractivity contribution in [1.82, 2.24) is 4.31 Å². The summed E-state index contributed by atoms with van der Waals surface area (Å²) in [4.78, 5) is 12.6. The Hall–Kier alpha value is -1.80. The highest BCUT2D eigenvalue weighted by atomic mass is 35.5. The first kappa shape index (κ1) is 20.9. The van der Waals surface area contributed by atoms with Gasteiger partial charge in [-0.05, 0) is 55.3 Å². The Morgan fingerprint density at radius 2 is 1.89 bits per heavy atom. The molecule has 0 radical (unpaired) electrons. The Morgan fingerprint density at radius 3 is 2.57 bits per heavy atom. The molecule has 6 nitrogen and oxygen atoms in total. The van der Waals surface area contributed by atoms with Crippen LogP contribution in [0.2, 0.25) is 10.0 Å². The lowest BCUT2D eigenvalue weighted by atomic mass is 9.99. The molecule has 0 bridgehead atoms. The monoisotopic (exact) mass is 442 g/mol. The van der Waals surface area contributed by atoms with Gasteiger partial charge in [0, 0.05) is 23.8 Å². The molecule has 1 heterocycles. The van der Waals surface area contributed by atoms with Gasteiger partial charge >= 0.3 is 0 Å². The summed E-state index contributed by atoms with van der Waals surface area (Å²) in [5, 5.41) is 3.22. The average molecular weight is 443 g/mol. The van der Waals surface area contributed by atoms with Gasteiger partial charge in [-0.15, -0.1) is 0 Å². The van der Waals surface area contributed by atoms with Gasteiger partial charge < -0.3 is 10.1 Å². The van der Waals surface area contributed by atoms with Crippen LogP contribution in [-0.2, 0) is 14.8 Å². The number of ether oxygens (including phenoxy) is 1. The minimum absolute atomic E-state index is 0.0436. The minimum atomic E-state index is -3.84. The van der Waals surface area contributed by atoms with E-state index in [9.17, 15) is 13.2 Å². The average Bonchev–Trinajstić information content (AvgIpc) is 2.70. The number of hydrogen-bond acceptors (Lipinski definition) is 4. The molecule has 2 aromatic carbocycles. The number of halogens is 2. The lowest BCUT2D eigenvalue weighted by molar-refractivity contribution is -0.120. The van der Waals surface area contributed by atoms with Gasteiger partial charge in [-0.25, -0.2) is 8.42 Å². The van der Waals surface area contributed by atoms with Crippen molar-refractivity contribution in [3.8, 4) is 5.75 Å². The highest BCUT2D eigenvalue weighted by Gasteiger charge is 2.34. The van der Waals surface area contributed by atoms with E-state index < -0.39 is 15.9 Å². The fourth-order valence-corrected chi connectivity index (χ4v) is 5.37. The zero-order valence-electron chi connectivity index (χ0n) is 15.2. The topological polar surface area (TPSA) is 75.7 Å². The van der Waals surface area contributed by atoms with Gasteiger partial charge in [0.05, 0.1) is 18.1 Å². The van der Waals surface area contributed by atoms with Gasteiger partial charge in [0.1, 0.15) is 10.6 Å². The van der Waals surface area contributed by atoms with Gasteiger partial charge in [0.15, 0.2) is 0 Å². The Labute approximate surface area is 174 Å². The number of hydrogen-bond donors (Lipinski definition) is 1. The van der Waals surface area contributed by atoms with E-state index in [1.807, 2.05) is 0 Å². The molecule has 1 atom stereocenters. The van der Waals surface area contributed by atoms with Crippen molar-refractivity contribution in [3.05, 3.63) is 52.5 Å². The maximum absolute atomic E-state index is 13.0. The number of sulfonamides is 1. The minimum Gasteiger partial charge on any atom is -0.497 e. The number of benzene rings is 2. The van der Waals surface area contributed by atoms with Crippen LogP contribution in [0.15, 0.2) is 47.4 Å². The lowest BCUT2D eigenvalue weighted by Gasteiger charge is -2.31. The van der Waals surface area contributed by atoms with Crippen LogP contribution in [0, 0.1) is 5.92 Å². The number of nitrogens with one attached hydrogen (secondary N) is 1. The molecule has 0 spiro atoms. The number of carbonyl (C=O) groups is 1. The molecule has 0 unspecified atom stereocenters. The summed E-state index contributed by atoms with van der Waals surface area (Å²) in [5.41, 5.74) is 0.628. The molecular formula is C19H20Cl2N2O4S. The number of amides is 1. The highest BCUT2D eigenvalue weighted by molar-refractivity contribution is 7.89. The predicted octanol–water partition coefficient (Wildman–Crippen LogP) is 4.04. The van der Waals surface area contributed by atoms with Crippen molar-refractivity contribution in [2.24, 2.45) is 5.92 Å². The fraction of sp³-hybridized carbons (Fsp3) is 0.316. The van der Waals surface area contributed by atoms with Crippen molar-refractivity contribution in [3.63, 3.8) is 0 Å². The van der Waals surface area contributed by atoms with Crippen LogP contribution in [0.4, 0.5) is 5.69 Å². The van der Waals surface area contributed by atoms with Crippen molar-refractivity contribution < 1.29 is 17.9 Å². The largest absolute Gasteiger partial charge is 0.497 e. The SMILES string of the molecule is COc1ccc(NC(=O)[C@H]2CCCN(S(=O)(=O)c3cc(Cl)ccc3Cl)C2)cc1. The number of methoxy groups -OCH3 is 1. The van der Waals surface area contributed by atoms with E-state index in [-0.39, 0.29) is 27.4 Å². The molecule has 1 saturated heterocycles. The first-order valence-electron chi connectivity index (χ1n) is 8.71. The van der Waals surface area contributed by atoms with Crippen LogP contribution in [0.25, 0.3) is 0 Å². The zero-order chi connectivity index (χ0) is 20.3. The molecule has 1 aliphatic rings. The molecule has 0 aromatic heterocycles. The first-order valence-corrected chi connectivity index (χ1v) is 10.9. The third kappa shape index (κ3) is 4.60. The molecule has 1 N–H and O–H groups in total. The van der Waals surface area contributed by atoms with Crippen molar-refractivity contribution >= 4 is 44.8 Å². The number of nitrogens with zero attached hydrogens (tertiary/aromatic N) is 1. The summed E-state index contributed by atoms with van der Waals surface area (Å²) in [7, 11) is -2.28. The van der Waals surface area contributed by atoms with Gasteiger partial charge in [0.25, 0.3) is 0 Å². The molecule has 9 heteroatoms. The summed E-state index contributed by atoms with van der Waals surface area (Å²) >= 11 is 12.0. The van der Waals surface area contributed by atoms with Gasteiger partial charge in [-0.2, -0.15) is 4.31 Å². The van der Waals surface area contributed by atoms with E-state index in [0.29, 0.717) is 30.8 Å². The van der Waals surface area contributed by atoms with E-state index in [1.54, 1.807) is 31.4 Å². The number of carbonyl (C=O) groups excluding carboxylic acids is 1. The standard InChI is InChI=1S/C19H20Cl2N2O4S/c1-27-16-7-5-15(6-8-16)22-19(24)13-3-2-10-23(12-13)28(25,26)18-11-14(20)4-9-17(18)21/h4-9,11,13H,2-3,10,12H2,1H3,(H,22,24)/t13-/m0/s1. The van der Waals surface area contributed by atoms with Crippen LogP contribution in [-0.4, -0.2) is 38.8 Å². The molecule has 1 amide bonds. The normalized spacial score (nSPS) is 17.9. The van der Waals surface area contributed by atoms with Gasteiger partial charge in [0.2, 0.25) is 15.9 Å². The van der Waals surface area contributed by atoms with E-state index in [0.717, 1.165) is 0 Å². The molecule has 2 aromatic rings. The second-order valence-electron chi connectivity index (χ2n) is 6.49. The van der Waals surface area contributed by atoms with Gasteiger partial charge in [-0.1, -0.05) is 23.2 Å². The van der Waals surface area contributed by atoms with E-state index in [2.05, 4.69) is 5.32 Å². The van der Waals surface area contributed by atoms with Crippen molar-refractivity contribution in [2.75, 3.05) is 25.5 Å². The first-order chi connectivity index (χ1) is 13.3. The number of anilines is 1. The fourth-order valence-electron chi connectivity index (χ4n) is 3.11. The quantitative estimate of drug-likeness (QED) is 0.757. The Kier molecular flexibility index (Phi) is 6.50. The third-order valence-corrected chi connectivity index (χ3v) is 7.21. The van der Waals surface area contributed by atoms with Gasteiger partial charge in [-0.3, -0.25) is 4.79 Å². The van der Waals surface area contributed by atoms with Crippen LogP contribution in [0.3, 0.4) is 0 Å². The molecule has 1 fully saturated rings. The molecular weight excluding hydrogens is 423 g/mol. The highest BCUT2D eigenvalue weighted by Crippen LogP contribution is 2.30. The number of rotatable bonds is 5. The van der Waals surface area contributed by atoms with Crippen LogP contribution in [0.1, 0.15) is 12.8 Å². The second kappa shape index (κ2) is 8.69. The molecule has 28 heavy (non-hydrogen) atoms. The zero-order valence-corrected chi connectivity index (χ0v) is 17.5. The third-order valence-electron chi connectivity index (χ3n) is 4.62. The Balaban J connectivity index is 1.73. The van der Waals surface area contributed by atoms with Crippen molar-refractivity contribution in [1.29, 1.82) is 0 Å². The predicted molar refractivity (Wildman–Crippen MR) is 110 cm³/mol. The van der Waals surface area contributed by atoms with E-state index in [4.69, 9.17) is 27.9 Å². The maximum atomic E-state index is 13.0. The molecule has 3 rings (SSSR count). The van der Waals surface area contributed by atoms with Crippen LogP contribution < -0.4 is 10.1 Å². The van der Waals surface area contributed by atoms with Crippen LogP contribution in [0.5, 0.6) is 5.75 Å². The molecule has 0 saturated carbocycles. The lowest BCUT2D eigenvalue weighted by Crippen LogP contribution is -2.43. The van der Waals surface area contributed by atoms with Crippen molar-refractivity contribution in [2.45, 2.75) is 17.7 Å². The van der Waals surface area contributed by atoms with E-state index >= 15 is 0 Å². The Morgan fingerprint density at radius 1 is 1.18 bits per heavy atom. The maximum Gasteiger partial charge on any atom is 0.244 e. The Bertz CT molecular complexity index is 964. The van der Waals surface area contributed by atoms with Crippen LogP contribution >= 0.6 is 23.2 Å². The summed E-state index contributed by atoms with van der Waals surface area (Å²) in [6, 6.07) is 11.3. The van der Waals surface area contributed by atoms with E-state index in [1.165, 1.54) is 22.5 Å². The number of piperidine rings is 1. The second-order valence-corrected chi connectivity index (χ2v) is 9.24.